The van der Waals surface area contributed by atoms with Gasteiger partial charge in [-0.2, -0.15) is 0 Å². The fourth-order valence-electron chi connectivity index (χ4n) is 4.99. The number of nitrogens with one attached hydrogen (secondary N) is 2. The molecular formula is C34H28Br4N4O9. The van der Waals surface area contributed by atoms with E-state index in [0.717, 1.165) is 5.56 Å². The Kier molecular flexibility index (Phi) is 12.6. The van der Waals surface area contributed by atoms with Crippen molar-refractivity contribution in [2.75, 3.05) is 13.1 Å². The molecule has 0 saturated carbocycles. The van der Waals surface area contributed by atoms with Crippen molar-refractivity contribution < 1.29 is 44.8 Å². The predicted molar refractivity (Wildman–Crippen MR) is 201 cm³/mol. The summed E-state index contributed by atoms with van der Waals surface area (Å²) in [6, 6.07) is 15.8. The Morgan fingerprint density at radius 3 is 1.92 bits per heavy atom. The summed E-state index contributed by atoms with van der Waals surface area (Å²) in [5.41, 5.74) is 1.75. The summed E-state index contributed by atoms with van der Waals surface area (Å²) in [4.78, 5) is 25.9. The average Bonchev–Trinajstić information content (AvgIpc) is 3.10. The molecule has 1 atom stereocenters. The Bertz CT molecular complexity index is 2040. The van der Waals surface area contributed by atoms with Crippen LogP contribution in [0.1, 0.15) is 28.4 Å². The number of aliphatic hydroxyl groups is 1. The maximum absolute atomic E-state index is 13.0. The van der Waals surface area contributed by atoms with E-state index in [9.17, 15) is 35.3 Å². The molecule has 4 aromatic carbocycles. The Hall–Kier alpha value is -4.16. The molecule has 4 aliphatic rings. The third kappa shape index (κ3) is 9.39. The molecule has 51 heavy (non-hydrogen) atoms. The predicted octanol–water partition coefficient (Wildman–Crippen LogP) is 7.00. The molecule has 1 unspecified atom stereocenters. The molecule has 8 rings (SSSR count). The maximum atomic E-state index is 13.0. The van der Waals surface area contributed by atoms with Gasteiger partial charge in [0.1, 0.15) is 17.2 Å². The summed E-state index contributed by atoms with van der Waals surface area (Å²) in [7, 11) is 0. The fourth-order valence-corrected chi connectivity index (χ4v) is 7.40. The van der Waals surface area contributed by atoms with E-state index in [4.69, 9.17) is 9.47 Å². The number of aliphatic hydroxyl groups excluding tert-OH is 1. The molecule has 7 N–H and O–H groups in total. The van der Waals surface area contributed by atoms with E-state index >= 15 is 0 Å². The van der Waals surface area contributed by atoms with Crippen LogP contribution in [0.5, 0.6) is 34.5 Å². The molecule has 17 heteroatoms. The number of hydrogen-bond donors (Lipinski definition) is 7. The number of phenolic OH excluding ortho intramolecular Hbond substituents is 2. The summed E-state index contributed by atoms with van der Waals surface area (Å²) in [6.45, 7) is -0.0416. The largest absolute Gasteiger partial charge is 0.504 e. The van der Waals surface area contributed by atoms with Crippen LogP contribution in [0.25, 0.3) is 0 Å². The molecule has 0 fully saturated rings. The number of oxime groups is 2. The highest BCUT2D eigenvalue weighted by atomic mass is 79.9. The first kappa shape index (κ1) is 38.1. The molecule has 0 saturated heterocycles. The SMILES string of the molecule is O=C1NCCc2ccc(O)c(c2)Oc2ccc(cc2Br)C(O)CNC(=O)C(=NO)Cc2cc(Br)c(O)c(c2)Oc2c(Br)cc(cc2Br)CC1=NO. The molecule has 8 bridgehead atoms. The van der Waals surface area contributed by atoms with Gasteiger partial charge >= 0.3 is 0 Å². The average molecular weight is 956 g/mol. The lowest BCUT2D eigenvalue weighted by atomic mass is 10.1. The summed E-state index contributed by atoms with van der Waals surface area (Å²) in [5, 5.41) is 63.1. The summed E-state index contributed by atoms with van der Waals surface area (Å²) in [6.07, 6.45) is -1.01. The van der Waals surface area contributed by atoms with E-state index in [2.05, 4.69) is 84.7 Å². The standard InChI is InChI=1S/C34H28Br4N4O9/c35-20-14-19-2-4-28(20)50-29-12-16(1-3-26(29)43)5-6-39-33(46)24(41-48)10-17-8-22(37)32(23(38)9-17)51-30-13-18(7-21(36)31(30)45)11-25(42-49)34(47)40-15-27(19)44/h1-4,7-9,12-14,27,43-45,48-49H,5-6,10-11,15H2,(H,39,46)(H,40,47). The van der Waals surface area contributed by atoms with Gasteiger partial charge in [0.2, 0.25) is 0 Å². The van der Waals surface area contributed by atoms with Gasteiger partial charge in [0, 0.05) is 25.9 Å². The second kappa shape index (κ2) is 16.9. The number of carbonyl (C=O) groups is 2. The molecule has 0 aliphatic carbocycles. The zero-order valence-electron chi connectivity index (χ0n) is 26.2. The normalized spacial score (nSPS) is 17.6. The van der Waals surface area contributed by atoms with Gasteiger partial charge in [0.15, 0.2) is 28.7 Å². The highest BCUT2D eigenvalue weighted by Crippen LogP contribution is 2.43. The molecule has 13 nitrogen and oxygen atoms in total. The van der Waals surface area contributed by atoms with E-state index in [1.807, 2.05) is 0 Å². The van der Waals surface area contributed by atoms with Gasteiger partial charge in [-0.25, -0.2) is 0 Å². The number of amides is 2. The number of aromatic hydroxyl groups is 2. The van der Waals surface area contributed by atoms with Gasteiger partial charge in [-0.15, -0.1) is 0 Å². The van der Waals surface area contributed by atoms with Crippen LogP contribution >= 0.6 is 63.7 Å². The zero-order valence-corrected chi connectivity index (χ0v) is 32.5. The van der Waals surface area contributed by atoms with Crippen molar-refractivity contribution >= 4 is 87.0 Å². The molecule has 266 valence electrons. The molecule has 0 aromatic heterocycles. The number of phenols is 2. The van der Waals surface area contributed by atoms with Crippen LogP contribution in [0, 0.1) is 0 Å². The van der Waals surface area contributed by atoms with Crippen LogP contribution in [0.15, 0.2) is 88.9 Å². The van der Waals surface area contributed by atoms with Crippen molar-refractivity contribution in [3.63, 3.8) is 0 Å². The number of ether oxygens (including phenoxy) is 2. The van der Waals surface area contributed by atoms with Gasteiger partial charge in [0.05, 0.1) is 24.0 Å². The van der Waals surface area contributed by atoms with Gasteiger partial charge in [-0.3, -0.25) is 9.59 Å². The van der Waals surface area contributed by atoms with Crippen molar-refractivity contribution in [3.05, 3.63) is 101 Å². The van der Waals surface area contributed by atoms with Crippen molar-refractivity contribution in [2.24, 2.45) is 10.3 Å². The van der Waals surface area contributed by atoms with Crippen molar-refractivity contribution in [1.29, 1.82) is 0 Å². The van der Waals surface area contributed by atoms with Crippen LogP contribution in [-0.4, -0.2) is 62.1 Å². The third-order valence-electron chi connectivity index (χ3n) is 7.61. The van der Waals surface area contributed by atoms with E-state index in [0.29, 0.717) is 42.3 Å². The summed E-state index contributed by atoms with van der Waals surface area (Å²) >= 11 is 13.6. The number of nitrogens with zero attached hydrogens (tertiary/aromatic N) is 2. The van der Waals surface area contributed by atoms with Crippen LogP contribution in [0.4, 0.5) is 0 Å². The quantitative estimate of drug-likeness (QED) is 0.0716. The zero-order chi connectivity index (χ0) is 36.8. The smallest absolute Gasteiger partial charge is 0.269 e. The number of benzene rings is 4. The number of carbonyl (C=O) groups excluding carboxylic acids is 2. The number of rotatable bonds is 0. The lowest BCUT2D eigenvalue weighted by Gasteiger charge is -2.16. The third-order valence-corrected chi connectivity index (χ3v) is 10.0. The minimum absolute atomic E-state index is 0.00513. The first-order valence-electron chi connectivity index (χ1n) is 15.0. The molecule has 4 aromatic rings. The van der Waals surface area contributed by atoms with Crippen molar-refractivity contribution in [1.82, 2.24) is 10.6 Å². The molecule has 4 aliphatic heterocycles. The second-order valence-electron chi connectivity index (χ2n) is 11.2. The lowest BCUT2D eigenvalue weighted by molar-refractivity contribution is -0.116. The Morgan fingerprint density at radius 1 is 0.667 bits per heavy atom. The van der Waals surface area contributed by atoms with Crippen molar-refractivity contribution in [3.8, 4) is 34.5 Å². The molecule has 2 amide bonds. The minimum atomic E-state index is -1.15. The first-order chi connectivity index (χ1) is 24.4. The second-order valence-corrected chi connectivity index (χ2v) is 14.6. The fraction of sp³-hybridized carbons (Fsp3) is 0.176. The monoisotopic (exact) mass is 952 g/mol. The Balaban J connectivity index is 1.48. The van der Waals surface area contributed by atoms with Gasteiger partial charge < -0.3 is 45.8 Å². The van der Waals surface area contributed by atoms with Gasteiger partial charge in [-0.1, -0.05) is 22.4 Å². The van der Waals surface area contributed by atoms with Crippen LogP contribution in [0.3, 0.4) is 0 Å². The summed E-state index contributed by atoms with van der Waals surface area (Å²) < 4.78 is 13.6. The topological polar surface area (TPSA) is 203 Å². The number of halogens is 4. The number of hydrogen-bond acceptors (Lipinski definition) is 11. The van der Waals surface area contributed by atoms with E-state index in [1.165, 1.54) is 18.2 Å². The van der Waals surface area contributed by atoms with Gasteiger partial charge in [0.25, 0.3) is 11.8 Å². The van der Waals surface area contributed by atoms with Gasteiger partial charge in [-0.05, 0) is 141 Å². The first-order valence-corrected chi connectivity index (χ1v) is 18.2. The van der Waals surface area contributed by atoms with E-state index < -0.39 is 17.9 Å². The Morgan fingerprint density at radius 2 is 1.27 bits per heavy atom. The van der Waals surface area contributed by atoms with E-state index in [-0.39, 0.29) is 70.6 Å². The van der Waals surface area contributed by atoms with Crippen LogP contribution in [-0.2, 0) is 28.9 Å². The highest BCUT2D eigenvalue weighted by Gasteiger charge is 2.21. The maximum Gasteiger partial charge on any atom is 0.269 e. The molecule has 4 heterocycles. The lowest BCUT2D eigenvalue weighted by Crippen LogP contribution is -2.35. The van der Waals surface area contributed by atoms with Crippen molar-refractivity contribution in [2.45, 2.75) is 25.4 Å². The van der Waals surface area contributed by atoms with Crippen LogP contribution < -0.4 is 20.1 Å². The highest BCUT2D eigenvalue weighted by molar-refractivity contribution is 9.11. The van der Waals surface area contributed by atoms with Crippen LogP contribution in [0.2, 0.25) is 0 Å². The minimum Gasteiger partial charge on any atom is -0.504 e. The molecule has 0 spiro atoms. The molecular weight excluding hydrogens is 928 g/mol. The Labute approximate surface area is 324 Å². The van der Waals surface area contributed by atoms with E-state index in [1.54, 1.807) is 42.5 Å². The molecule has 0 radical (unpaired) electrons. The summed E-state index contributed by atoms with van der Waals surface area (Å²) in [5.74, 6) is -0.952.